The van der Waals surface area contributed by atoms with E-state index >= 15 is 0 Å². The van der Waals surface area contributed by atoms with Crippen LogP contribution in [0.2, 0.25) is 0 Å². The number of anilines is 2. The molecular formula is C14H22N2O3. The minimum absolute atomic E-state index is 0.326. The standard InChI is InChI=1S/C14H22N2O3/c1-5-19-13(17)11-8-10(15)6-7-12(11)16-9-14(2,3)18-4/h6-8,16H,5,9,15H2,1-4H3. The van der Waals surface area contributed by atoms with Crippen molar-refractivity contribution in [1.82, 2.24) is 0 Å². The molecule has 0 amide bonds. The van der Waals surface area contributed by atoms with Gasteiger partial charge < -0.3 is 20.5 Å². The highest BCUT2D eigenvalue weighted by Gasteiger charge is 2.18. The van der Waals surface area contributed by atoms with Crippen LogP contribution in [0.15, 0.2) is 18.2 Å². The molecular weight excluding hydrogens is 244 g/mol. The van der Waals surface area contributed by atoms with Gasteiger partial charge in [0.2, 0.25) is 0 Å². The van der Waals surface area contributed by atoms with E-state index in [-0.39, 0.29) is 11.6 Å². The summed E-state index contributed by atoms with van der Waals surface area (Å²) < 4.78 is 10.3. The predicted molar refractivity (Wildman–Crippen MR) is 76.4 cm³/mol. The fourth-order valence-electron chi connectivity index (χ4n) is 1.47. The Morgan fingerprint density at radius 3 is 2.68 bits per heavy atom. The van der Waals surface area contributed by atoms with Crippen molar-refractivity contribution in [1.29, 1.82) is 0 Å². The average molecular weight is 266 g/mol. The number of carbonyl (C=O) groups excluding carboxylic acids is 1. The number of carbonyl (C=O) groups is 1. The Kier molecular flexibility index (Phi) is 5.18. The molecule has 3 N–H and O–H groups in total. The number of nitrogens with two attached hydrogens (primary N) is 1. The first-order valence-corrected chi connectivity index (χ1v) is 6.25. The zero-order chi connectivity index (χ0) is 14.5. The van der Waals surface area contributed by atoms with Crippen LogP contribution < -0.4 is 11.1 Å². The molecule has 106 valence electrons. The van der Waals surface area contributed by atoms with E-state index in [1.165, 1.54) is 0 Å². The number of hydrogen-bond donors (Lipinski definition) is 2. The van der Waals surface area contributed by atoms with Crippen molar-refractivity contribution in [3.8, 4) is 0 Å². The maximum atomic E-state index is 11.9. The molecule has 5 heteroatoms. The van der Waals surface area contributed by atoms with E-state index in [9.17, 15) is 4.79 Å². The van der Waals surface area contributed by atoms with E-state index in [2.05, 4.69) is 5.32 Å². The number of hydrogen-bond acceptors (Lipinski definition) is 5. The third-order valence-electron chi connectivity index (χ3n) is 2.80. The number of methoxy groups -OCH3 is 1. The predicted octanol–water partition coefficient (Wildman–Crippen LogP) is 2.28. The second-order valence-electron chi connectivity index (χ2n) is 4.84. The lowest BCUT2D eigenvalue weighted by Gasteiger charge is -2.24. The number of benzene rings is 1. The summed E-state index contributed by atoms with van der Waals surface area (Å²) in [5.74, 6) is -0.382. The lowest BCUT2D eigenvalue weighted by molar-refractivity contribution is 0.0342. The van der Waals surface area contributed by atoms with Crippen molar-refractivity contribution >= 4 is 17.3 Å². The van der Waals surface area contributed by atoms with Crippen LogP contribution in [0.5, 0.6) is 0 Å². The van der Waals surface area contributed by atoms with Crippen molar-refractivity contribution in [2.45, 2.75) is 26.4 Å². The van der Waals surface area contributed by atoms with Gasteiger partial charge in [-0.05, 0) is 39.0 Å². The van der Waals surface area contributed by atoms with E-state index in [1.807, 2.05) is 13.8 Å². The van der Waals surface area contributed by atoms with Gasteiger partial charge in [-0.2, -0.15) is 0 Å². The first-order valence-electron chi connectivity index (χ1n) is 6.25. The summed E-state index contributed by atoms with van der Waals surface area (Å²) in [6, 6.07) is 5.12. The van der Waals surface area contributed by atoms with Crippen LogP contribution in [-0.4, -0.2) is 31.8 Å². The molecule has 0 fully saturated rings. The highest BCUT2D eigenvalue weighted by Crippen LogP contribution is 2.21. The van der Waals surface area contributed by atoms with Crippen molar-refractivity contribution in [3.63, 3.8) is 0 Å². The Labute approximate surface area is 114 Å². The maximum Gasteiger partial charge on any atom is 0.340 e. The lowest BCUT2D eigenvalue weighted by Crippen LogP contribution is -2.32. The zero-order valence-electron chi connectivity index (χ0n) is 11.9. The van der Waals surface area contributed by atoms with Crippen LogP contribution in [0.25, 0.3) is 0 Å². The van der Waals surface area contributed by atoms with Crippen molar-refractivity contribution in [2.75, 3.05) is 31.3 Å². The third kappa shape index (κ3) is 4.44. The zero-order valence-corrected chi connectivity index (χ0v) is 11.9. The van der Waals surface area contributed by atoms with Gasteiger partial charge in [0.05, 0.1) is 17.8 Å². The van der Waals surface area contributed by atoms with Gasteiger partial charge in [0.25, 0.3) is 0 Å². The molecule has 0 saturated carbocycles. The SMILES string of the molecule is CCOC(=O)c1cc(N)ccc1NCC(C)(C)OC. The van der Waals surface area contributed by atoms with E-state index in [0.717, 1.165) is 0 Å². The van der Waals surface area contributed by atoms with E-state index in [0.29, 0.717) is 30.1 Å². The van der Waals surface area contributed by atoms with Crippen LogP contribution in [0.1, 0.15) is 31.1 Å². The summed E-state index contributed by atoms with van der Waals surface area (Å²) in [5.41, 5.74) is 7.04. The molecule has 0 aliphatic rings. The second-order valence-corrected chi connectivity index (χ2v) is 4.84. The molecule has 1 aromatic rings. The molecule has 0 spiro atoms. The Bertz CT molecular complexity index is 444. The van der Waals surface area contributed by atoms with Gasteiger partial charge in [0.15, 0.2) is 0 Å². The van der Waals surface area contributed by atoms with Gasteiger partial charge in [-0.3, -0.25) is 0 Å². The van der Waals surface area contributed by atoms with Crippen LogP contribution in [0, 0.1) is 0 Å². The lowest BCUT2D eigenvalue weighted by atomic mass is 10.1. The summed E-state index contributed by atoms with van der Waals surface area (Å²) in [7, 11) is 1.65. The highest BCUT2D eigenvalue weighted by molar-refractivity contribution is 5.96. The van der Waals surface area contributed by atoms with E-state index in [1.54, 1.807) is 32.2 Å². The Hall–Kier alpha value is -1.75. The highest BCUT2D eigenvalue weighted by atomic mass is 16.5. The minimum atomic E-state index is -0.382. The van der Waals surface area contributed by atoms with Crippen LogP contribution in [-0.2, 0) is 9.47 Å². The molecule has 1 aromatic carbocycles. The summed E-state index contributed by atoms with van der Waals surface area (Å²) >= 11 is 0. The van der Waals surface area contributed by atoms with Crippen LogP contribution >= 0.6 is 0 Å². The number of nitrogens with one attached hydrogen (secondary N) is 1. The quantitative estimate of drug-likeness (QED) is 0.610. The fourth-order valence-corrected chi connectivity index (χ4v) is 1.47. The largest absolute Gasteiger partial charge is 0.462 e. The molecule has 0 atom stereocenters. The van der Waals surface area contributed by atoms with Gasteiger partial charge in [-0.1, -0.05) is 0 Å². The molecule has 0 aliphatic heterocycles. The number of esters is 1. The molecule has 0 unspecified atom stereocenters. The van der Waals surface area contributed by atoms with Crippen molar-refractivity contribution in [3.05, 3.63) is 23.8 Å². The molecule has 5 nitrogen and oxygen atoms in total. The molecule has 0 radical (unpaired) electrons. The molecule has 0 heterocycles. The normalized spacial score (nSPS) is 11.2. The van der Waals surface area contributed by atoms with Gasteiger partial charge in [0, 0.05) is 25.0 Å². The molecule has 0 aromatic heterocycles. The van der Waals surface area contributed by atoms with Gasteiger partial charge in [-0.15, -0.1) is 0 Å². The second kappa shape index (κ2) is 6.43. The summed E-state index contributed by atoms with van der Waals surface area (Å²) in [4.78, 5) is 11.9. The number of ether oxygens (including phenoxy) is 2. The maximum absolute atomic E-state index is 11.9. The Balaban J connectivity index is 2.91. The van der Waals surface area contributed by atoms with E-state index in [4.69, 9.17) is 15.2 Å². The smallest absolute Gasteiger partial charge is 0.340 e. The minimum Gasteiger partial charge on any atom is -0.462 e. The first kappa shape index (κ1) is 15.3. The van der Waals surface area contributed by atoms with Gasteiger partial charge in [0.1, 0.15) is 0 Å². The first-order chi connectivity index (χ1) is 8.89. The summed E-state index contributed by atoms with van der Waals surface area (Å²) in [6.45, 7) is 6.59. The monoisotopic (exact) mass is 266 g/mol. The van der Waals surface area contributed by atoms with Crippen LogP contribution in [0.3, 0.4) is 0 Å². The number of rotatable bonds is 6. The summed E-state index contributed by atoms with van der Waals surface area (Å²) in [6.07, 6.45) is 0. The van der Waals surface area contributed by atoms with Crippen molar-refractivity contribution in [2.24, 2.45) is 0 Å². The third-order valence-corrected chi connectivity index (χ3v) is 2.80. The molecule has 0 saturated heterocycles. The molecule has 1 rings (SSSR count). The topological polar surface area (TPSA) is 73.6 Å². The van der Waals surface area contributed by atoms with Gasteiger partial charge >= 0.3 is 5.97 Å². The average Bonchev–Trinajstić information content (AvgIpc) is 2.37. The van der Waals surface area contributed by atoms with Crippen molar-refractivity contribution < 1.29 is 14.3 Å². The molecule has 19 heavy (non-hydrogen) atoms. The Morgan fingerprint density at radius 2 is 2.11 bits per heavy atom. The fraction of sp³-hybridized carbons (Fsp3) is 0.500. The molecule has 0 aliphatic carbocycles. The summed E-state index contributed by atoms with van der Waals surface area (Å²) in [5, 5.41) is 3.19. The number of nitrogen functional groups attached to an aromatic ring is 1. The van der Waals surface area contributed by atoms with Crippen LogP contribution in [0.4, 0.5) is 11.4 Å². The molecule has 0 bridgehead atoms. The Morgan fingerprint density at radius 1 is 1.42 bits per heavy atom. The van der Waals surface area contributed by atoms with E-state index < -0.39 is 0 Å². The van der Waals surface area contributed by atoms with Gasteiger partial charge in [-0.25, -0.2) is 4.79 Å².